The van der Waals surface area contributed by atoms with E-state index in [9.17, 15) is 9.18 Å². The van der Waals surface area contributed by atoms with Crippen molar-refractivity contribution in [2.45, 2.75) is 19.6 Å². The fourth-order valence-electron chi connectivity index (χ4n) is 1.58. The highest BCUT2D eigenvalue weighted by Gasteiger charge is 2.37. The average Bonchev–Trinajstić information content (AvgIpc) is 2.15. The zero-order chi connectivity index (χ0) is 11.9. The number of hydrogen-bond acceptors (Lipinski definition) is 3. The van der Waals surface area contributed by atoms with Crippen LogP contribution < -0.4 is 4.74 Å². The molecule has 4 heteroatoms. The quantitative estimate of drug-likeness (QED) is 0.685. The van der Waals surface area contributed by atoms with E-state index in [2.05, 4.69) is 6.58 Å². The molecule has 0 atom stereocenters. The first-order valence-electron chi connectivity index (χ1n) is 4.82. The summed E-state index contributed by atoms with van der Waals surface area (Å²) in [4.78, 5) is 11.6. The van der Waals surface area contributed by atoms with Crippen molar-refractivity contribution in [3.63, 3.8) is 0 Å². The van der Waals surface area contributed by atoms with Crippen LogP contribution >= 0.6 is 0 Å². The number of benzene rings is 1. The van der Waals surface area contributed by atoms with E-state index in [0.717, 1.165) is 0 Å². The van der Waals surface area contributed by atoms with Gasteiger partial charge in [-0.05, 0) is 12.1 Å². The lowest BCUT2D eigenvalue weighted by Crippen LogP contribution is -2.39. The molecule has 0 radical (unpaired) electrons. The second kappa shape index (κ2) is 3.33. The molecule has 0 N–H and O–H groups in total. The predicted molar refractivity (Wildman–Crippen MR) is 56.6 cm³/mol. The first-order chi connectivity index (χ1) is 7.44. The summed E-state index contributed by atoms with van der Waals surface area (Å²) in [6.45, 7) is 6.76. The van der Waals surface area contributed by atoms with Crippen LogP contribution in [0.15, 0.2) is 18.7 Å². The van der Waals surface area contributed by atoms with Crippen LogP contribution in [0.25, 0.3) is 6.08 Å². The molecule has 0 saturated heterocycles. The molecule has 1 aromatic carbocycles. The van der Waals surface area contributed by atoms with Crippen molar-refractivity contribution in [3.8, 4) is 5.75 Å². The number of carbonyl (C=O) groups excluding carboxylic acids is 1. The van der Waals surface area contributed by atoms with Crippen LogP contribution in [-0.2, 0) is 4.74 Å². The molecule has 0 unspecified atom stereocenters. The van der Waals surface area contributed by atoms with Crippen LogP contribution in [0.1, 0.15) is 29.8 Å². The summed E-state index contributed by atoms with van der Waals surface area (Å²) in [5, 5.41) is 0. The number of rotatable bonds is 1. The highest BCUT2D eigenvalue weighted by atomic mass is 19.1. The Kier molecular flexibility index (Phi) is 2.22. The lowest BCUT2D eigenvalue weighted by atomic mass is 10.1. The molecular weight excluding hydrogens is 211 g/mol. The van der Waals surface area contributed by atoms with Gasteiger partial charge in [0.15, 0.2) is 0 Å². The van der Waals surface area contributed by atoms with Crippen molar-refractivity contribution >= 4 is 12.0 Å². The smallest absolute Gasteiger partial charge is 0.348 e. The van der Waals surface area contributed by atoms with Gasteiger partial charge in [-0.15, -0.1) is 0 Å². The molecule has 2 rings (SSSR count). The van der Waals surface area contributed by atoms with E-state index < -0.39 is 17.6 Å². The molecule has 1 aliphatic rings. The van der Waals surface area contributed by atoms with E-state index in [1.807, 2.05) is 0 Å². The highest BCUT2D eigenvalue weighted by molar-refractivity contribution is 5.95. The number of esters is 1. The van der Waals surface area contributed by atoms with Gasteiger partial charge >= 0.3 is 5.97 Å². The maximum absolute atomic E-state index is 13.5. The van der Waals surface area contributed by atoms with Crippen molar-refractivity contribution in [1.82, 2.24) is 0 Å². The third kappa shape index (κ3) is 1.56. The van der Waals surface area contributed by atoms with Crippen LogP contribution in [0.2, 0.25) is 0 Å². The molecule has 0 spiro atoms. The monoisotopic (exact) mass is 222 g/mol. The van der Waals surface area contributed by atoms with Crippen molar-refractivity contribution in [2.24, 2.45) is 0 Å². The standard InChI is InChI=1S/C12H11FO3/c1-4-7-5-6-8(13)9-10(7)15-12(2,3)16-11(9)14/h4-6H,1H2,2-3H3. The average molecular weight is 222 g/mol. The van der Waals surface area contributed by atoms with E-state index in [0.29, 0.717) is 5.56 Å². The number of carbonyl (C=O) groups is 1. The summed E-state index contributed by atoms with van der Waals surface area (Å²) in [6.07, 6.45) is 1.51. The van der Waals surface area contributed by atoms with Gasteiger partial charge in [-0.3, -0.25) is 0 Å². The Morgan fingerprint density at radius 3 is 2.69 bits per heavy atom. The van der Waals surface area contributed by atoms with Crippen molar-refractivity contribution in [2.75, 3.05) is 0 Å². The zero-order valence-electron chi connectivity index (χ0n) is 9.04. The summed E-state index contributed by atoms with van der Waals surface area (Å²) in [7, 11) is 0. The molecule has 1 heterocycles. The first-order valence-corrected chi connectivity index (χ1v) is 4.82. The normalized spacial score (nSPS) is 17.1. The number of ether oxygens (including phenoxy) is 2. The Labute approximate surface area is 92.5 Å². The fourth-order valence-corrected chi connectivity index (χ4v) is 1.58. The molecule has 3 nitrogen and oxygen atoms in total. The topological polar surface area (TPSA) is 35.5 Å². The Morgan fingerprint density at radius 1 is 1.38 bits per heavy atom. The van der Waals surface area contributed by atoms with Gasteiger partial charge in [0.25, 0.3) is 0 Å². The number of halogens is 1. The minimum atomic E-state index is -1.09. The molecule has 0 aromatic heterocycles. The Balaban J connectivity index is 2.68. The van der Waals surface area contributed by atoms with Gasteiger partial charge in [0, 0.05) is 19.4 Å². The Morgan fingerprint density at radius 2 is 2.06 bits per heavy atom. The van der Waals surface area contributed by atoms with Crippen LogP contribution in [0.4, 0.5) is 4.39 Å². The van der Waals surface area contributed by atoms with Crippen LogP contribution in [0, 0.1) is 5.82 Å². The van der Waals surface area contributed by atoms with Crippen LogP contribution in [-0.4, -0.2) is 11.8 Å². The van der Waals surface area contributed by atoms with E-state index in [1.54, 1.807) is 13.8 Å². The number of cyclic esters (lactones) is 1. The van der Waals surface area contributed by atoms with Gasteiger partial charge in [-0.2, -0.15) is 0 Å². The zero-order valence-corrected chi connectivity index (χ0v) is 9.04. The van der Waals surface area contributed by atoms with Crippen molar-refractivity contribution in [3.05, 3.63) is 35.7 Å². The fraction of sp³-hybridized carbons (Fsp3) is 0.250. The van der Waals surface area contributed by atoms with Gasteiger partial charge in [-0.25, -0.2) is 9.18 Å². The summed E-state index contributed by atoms with van der Waals surface area (Å²) >= 11 is 0. The predicted octanol–water partition coefficient (Wildman–Crippen LogP) is 2.75. The summed E-state index contributed by atoms with van der Waals surface area (Å²) in [5.74, 6) is -2.26. The van der Waals surface area contributed by atoms with E-state index in [1.165, 1.54) is 18.2 Å². The SMILES string of the molecule is C=Cc1ccc(F)c2c1OC(C)(C)OC2=O. The second-order valence-electron chi connectivity index (χ2n) is 3.94. The summed E-state index contributed by atoms with van der Waals surface area (Å²) in [6, 6.07) is 2.70. The molecule has 0 bridgehead atoms. The molecule has 16 heavy (non-hydrogen) atoms. The maximum Gasteiger partial charge on any atom is 0.348 e. The lowest BCUT2D eigenvalue weighted by Gasteiger charge is -2.32. The van der Waals surface area contributed by atoms with Gasteiger partial charge in [0.2, 0.25) is 5.79 Å². The second-order valence-corrected chi connectivity index (χ2v) is 3.94. The minimum Gasteiger partial charge on any atom is -0.451 e. The molecule has 0 amide bonds. The molecule has 0 saturated carbocycles. The summed E-state index contributed by atoms with van der Waals surface area (Å²) in [5.41, 5.74) is 0.401. The minimum absolute atomic E-state index is 0.170. The van der Waals surface area contributed by atoms with E-state index >= 15 is 0 Å². The molecular formula is C12H11FO3. The van der Waals surface area contributed by atoms with Crippen LogP contribution in [0.5, 0.6) is 5.75 Å². The Bertz CT molecular complexity index is 477. The lowest BCUT2D eigenvalue weighted by molar-refractivity contribution is -0.128. The van der Waals surface area contributed by atoms with Gasteiger partial charge < -0.3 is 9.47 Å². The molecule has 84 valence electrons. The van der Waals surface area contributed by atoms with E-state index in [-0.39, 0.29) is 11.3 Å². The molecule has 0 fully saturated rings. The Hall–Kier alpha value is -1.84. The number of fused-ring (bicyclic) bond motifs is 1. The first kappa shape index (κ1) is 10.7. The largest absolute Gasteiger partial charge is 0.451 e. The van der Waals surface area contributed by atoms with Crippen molar-refractivity contribution < 1.29 is 18.7 Å². The van der Waals surface area contributed by atoms with Gasteiger partial charge in [0.05, 0.1) is 0 Å². The van der Waals surface area contributed by atoms with Crippen molar-refractivity contribution in [1.29, 1.82) is 0 Å². The summed E-state index contributed by atoms with van der Waals surface area (Å²) < 4.78 is 23.9. The van der Waals surface area contributed by atoms with E-state index in [4.69, 9.17) is 9.47 Å². The number of hydrogen-bond donors (Lipinski definition) is 0. The molecule has 1 aromatic rings. The molecule has 1 aliphatic heterocycles. The third-order valence-electron chi connectivity index (χ3n) is 2.25. The third-order valence-corrected chi connectivity index (χ3v) is 2.25. The van der Waals surface area contributed by atoms with Gasteiger partial charge in [-0.1, -0.05) is 12.7 Å². The van der Waals surface area contributed by atoms with Crippen LogP contribution in [0.3, 0.4) is 0 Å². The highest BCUT2D eigenvalue weighted by Crippen LogP contribution is 2.36. The maximum atomic E-state index is 13.5. The molecule has 0 aliphatic carbocycles. The van der Waals surface area contributed by atoms with Gasteiger partial charge in [0.1, 0.15) is 17.1 Å².